The lowest BCUT2D eigenvalue weighted by molar-refractivity contribution is -0.678. The maximum absolute atomic E-state index is 12.2. The summed E-state index contributed by atoms with van der Waals surface area (Å²) < 4.78 is 5.54. The van der Waals surface area contributed by atoms with Gasteiger partial charge < -0.3 is 15.1 Å². The van der Waals surface area contributed by atoms with Crippen LogP contribution in [0.4, 0.5) is 5.69 Å². The van der Waals surface area contributed by atoms with Gasteiger partial charge in [-0.05, 0) is 30.3 Å². The lowest BCUT2D eigenvalue weighted by atomic mass is 10.0. The van der Waals surface area contributed by atoms with Gasteiger partial charge in [-0.2, -0.15) is 0 Å². The standard InChI is InChI=1S/C19H17ClN2O2/c20-15-8-4-9-16(12-15)22-18(23)13-21-19(17-10-5-11-24-17)14-6-2-1-3-7-14/h1-12,19,21H,13H2,(H,22,23)/p+1/t19-/m1/s1. The SMILES string of the molecule is O=C(C[NH2+][C@H](c1ccccc1)c1ccco1)Nc1cccc(Cl)c1. The quantitative estimate of drug-likeness (QED) is 0.723. The number of anilines is 1. The summed E-state index contributed by atoms with van der Waals surface area (Å²) in [6.45, 7) is 0.271. The molecule has 122 valence electrons. The number of amides is 1. The van der Waals surface area contributed by atoms with Crippen molar-refractivity contribution in [1.29, 1.82) is 0 Å². The Balaban J connectivity index is 1.67. The van der Waals surface area contributed by atoms with Crippen molar-refractivity contribution < 1.29 is 14.5 Å². The second kappa shape index (κ2) is 7.81. The van der Waals surface area contributed by atoms with Crippen LogP contribution in [0.25, 0.3) is 0 Å². The van der Waals surface area contributed by atoms with Gasteiger partial charge in [-0.3, -0.25) is 4.79 Å². The first kappa shape index (κ1) is 16.3. The topological polar surface area (TPSA) is 58.9 Å². The zero-order valence-corrected chi connectivity index (χ0v) is 13.7. The van der Waals surface area contributed by atoms with Crippen LogP contribution in [0.5, 0.6) is 0 Å². The number of nitrogens with one attached hydrogen (secondary N) is 1. The van der Waals surface area contributed by atoms with Crippen molar-refractivity contribution in [2.24, 2.45) is 0 Å². The fraction of sp³-hybridized carbons (Fsp3) is 0.105. The van der Waals surface area contributed by atoms with E-state index in [0.717, 1.165) is 11.3 Å². The van der Waals surface area contributed by atoms with Crippen molar-refractivity contribution in [2.75, 3.05) is 11.9 Å². The van der Waals surface area contributed by atoms with E-state index in [-0.39, 0.29) is 18.5 Å². The van der Waals surface area contributed by atoms with Gasteiger partial charge >= 0.3 is 0 Å². The van der Waals surface area contributed by atoms with Crippen molar-refractivity contribution in [2.45, 2.75) is 6.04 Å². The summed E-state index contributed by atoms with van der Waals surface area (Å²) in [6, 6.07) is 20.8. The molecule has 0 aliphatic heterocycles. The molecule has 1 heterocycles. The van der Waals surface area contributed by atoms with Crippen LogP contribution in [0.3, 0.4) is 0 Å². The smallest absolute Gasteiger partial charge is 0.279 e. The van der Waals surface area contributed by atoms with Crippen LogP contribution in [0.15, 0.2) is 77.4 Å². The summed E-state index contributed by atoms with van der Waals surface area (Å²) >= 11 is 5.93. The number of furan rings is 1. The monoisotopic (exact) mass is 341 g/mol. The van der Waals surface area contributed by atoms with E-state index in [2.05, 4.69) is 5.32 Å². The molecule has 3 rings (SSSR count). The van der Waals surface area contributed by atoms with Crippen molar-refractivity contribution in [3.63, 3.8) is 0 Å². The number of halogens is 1. The molecule has 4 nitrogen and oxygen atoms in total. The molecule has 0 aliphatic rings. The van der Waals surface area contributed by atoms with Crippen LogP contribution >= 0.6 is 11.6 Å². The fourth-order valence-corrected chi connectivity index (χ4v) is 2.74. The molecule has 0 aliphatic carbocycles. The predicted molar refractivity (Wildman–Crippen MR) is 93.9 cm³/mol. The average Bonchev–Trinajstić information content (AvgIpc) is 3.10. The zero-order valence-electron chi connectivity index (χ0n) is 13.0. The molecule has 2 aromatic carbocycles. The summed E-state index contributed by atoms with van der Waals surface area (Å²) in [5.41, 5.74) is 1.78. The van der Waals surface area contributed by atoms with Crippen molar-refractivity contribution in [3.8, 4) is 0 Å². The minimum atomic E-state index is -0.0928. The molecular weight excluding hydrogens is 324 g/mol. The summed E-state index contributed by atoms with van der Waals surface area (Å²) in [7, 11) is 0. The van der Waals surface area contributed by atoms with E-state index in [1.165, 1.54) is 0 Å². The third kappa shape index (κ3) is 4.25. The van der Waals surface area contributed by atoms with Gasteiger partial charge in [0, 0.05) is 16.3 Å². The van der Waals surface area contributed by atoms with E-state index >= 15 is 0 Å². The average molecular weight is 342 g/mol. The number of benzene rings is 2. The van der Waals surface area contributed by atoms with E-state index < -0.39 is 0 Å². The number of hydrogen-bond acceptors (Lipinski definition) is 2. The third-order valence-corrected chi connectivity index (χ3v) is 3.89. The van der Waals surface area contributed by atoms with Gasteiger partial charge in [-0.15, -0.1) is 0 Å². The summed E-state index contributed by atoms with van der Waals surface area (Å²) in [6.07, 6.45) is 1.64. The molecule has 3 aromatic rings. The molecule has 5 heteroatoms. The molecule has 1 amide bonds. The highest BCUT2D eigenvalue weighted by Gasteiger charge is 2.21. The number of quaternary nitrogens is 1. The molecule has 1 atom stereocenters. The molecule has 0 fully saturated rings. The molecular formula is C19H18ClN2O2+. The number of hydrogen-bond donors (Lipinski definition) is 2. The third-order valence-electron chi connectivity index (χ3n) is 3.66. The first-order chi connectivity index (χ1) is 11.7. The molecule has 1 aromatic heterocycles. The van der Waals surface area contributed by atoms with Crippen molar-refractivity contribution in [3.05, 3.63) is 89.3 Å². The molecule has 0 saturated heterocycles. The van der Waals surface area contributed by atoms with Crippen LogP contribution in [-0.2, 0) is 4.79 Å². The highest BCUT2D eigenvalue weighted by molar-refractivity contribution is 6.30. The van der Waals surface area contributed by atoms with Gasteiger partial charge in [-0.1, -0.05) is 48.0 Å². The number of nitrogens with two attached hydrogens (primary N) is 1. The maximum atomic E-state index is 12.2. The molecule has 0 unspecified atom stereocenters. The highest BCUT2D eigenvalue weighted by Crippen LogP contribution is 2.18. The molecule has 0 spiro atoms. The van der Waals surface area contributed by atoms with Crippen molar-refractivity contribution >= 4 is 23.2 Å². The lowest BCUT2D eigenvalue weighted by Crippen LogP contribution is -2.87. The van der Waals surface area contributed by atoms with Crippen molar-refractivity contribution in [1.82, 2.24) is 0 Å². The molecule has 3 N–H and O–H groups in total. The fourth-order valence-electron chi connectivity index (χ4n) is 2.55. The van der Waals surface area contributed by atoms with E-state index in [9.17, 15) is 4.79 Å². The number of carbonyl (C=O) groups excluding carboxylic acids is 1. The van der Waals surface area contributed by atoms with E-state index in [1.807, 2.05) is 53.8 Å². The van der Waals surface area contributed by atoms with Gasteiger partial charge in [0.05, 0.1) is 6.26 Å². The van der Waals surface area contributed by atoms with Gasteiger partial charge in [0.1, 0.15) is 0 Å². The van der Waals surface area contributed by atoms with Gasteiger partial charge in [0.25, 0.3) is 5.91 Å². The van der Waals surface area contributed by atoms with Crippen LogP contribution in [0.1, 0.15) is 17.4 Å². The van der Waals surface area contributed by atoms with Crippen LogP contribution in [0.2, 0.25) is 5.02 Å². The molecule has 0 bridgehead atoms. The zero-order chi connectivity index (χ0) is 16.8. The van der Waals surface area contributed by atoms with Gasteiger partial charge in [0.15, 0.2) is 18.3 Å². The first-order valence-corrected chi connectivity index (χ1v) is 8.07. The van der Waals surface area contributed by atoms with Crippen LogP contribution in [0, 0.1) is 0 Å². The molecule has 0 radical (unpaired) electrons. The van der Waals surface area contributed by atoms with Gasteiger partial charge in [0.2, 0.25) is 0 Å². The Morgan fingerprint density at radius 2 is 1.92 bits per heavy atom. The first-order valence-electron chi connectivity index (χ1n) is 7.69. The minimum absolute atomic E-state index is 0.0636. The second-order valence-corrected chi connectivity index (χ2v) is 5.84. The Hall–Kier alpha value is -2.56. The number of carbonyl (C=O) groups is 1. The van der Waals surface area contributed by atoms with Crippen LogP contribution < -0.4 is 10.6 Å². The Morgan fingerprint density at radius 3 is 2.62 bits per heavy atom. The highest BCUT2D eigenvalue weighted by atomic mass is 35.5. The maximum Gasteiger partial charge on any atom is 0.279 e. The predicted octanol–water partition coefficient (Wildman–Crippen LogP) is 3.22. The largest absolute Gasteiger partial charge is 0.463 e. The summed E-state index contributed by atoms with van der Waals surface area (Å²) in [4.78, 5) is 12.2. The number of rotatable bonds is 6. The van der Waals surface area contributed by atoms with E-state index in [0.29, 0.717) is 10.7 Å². The minimum Gasteiger partial charge on any atom is -0.463 e. The summed E-state index contributed by atoms with van der Waals surface area (Å²) in [5.74, 6) is 0.724. The van der Waals surface area contributed by atoms with E-state index in [4.69, 9.17) is 16.0 Å². The molecule has 0 saturated carbocycles. The van der Waals surface area contributed by atoms with E-state index in [1.54, 1.807) is 24.5 Å². The molecule has 24 heavy (non-hydrogen) atoms. The Labute approximate surface area is 145 Å². The lowest BCUT2D eigenvalue weighted by Gasteiger charge is -2.14. The normalized spacial score (nSPS) is 11.9. The summed E-state index contributed by atoms with van der Waals surface area (Å²) in [5, 5.41) is 5.39. The van der Waals surface area contributed by atoms with Crippen LogP contribution in [-0.4, -0.2) is 12.5 Å². The Morgan fingerprint density at radius 1 is 1.08 bits per heavy atom. The Bertz CT molecular complexity index is 788. The second-order valence-electron chi connectivity index (χ2n) is 5.40. The Kier molecular flexibility index (Phi) is 5.31. The van der Waals surface area contributed by atoms with Gasteiger partial charge in [-0.25, -0.2) is 0 Å².